The fraction of sp³-hybridized carbons (Fsp3) is 0.750. The lowest BCUT2D eigenvalue weighted by Crippen LogP contribution is -2.29. The summed E-state index contributed by atoms with van der Waals surface area (Å²) in [5, 5.41) is 3.54. The number of ether oxygens (including phenoxy) is 1. The quantitative estimate of drug-likeness (QED) is 0.775. The van der Waals surface area contributed by atoms with Crippen LogP contribution < -0.4 is 5.32 Å². The molecule has 0 spiro atoms. The maximum Gasteiger partial charge on any atom is 0.131 e. The molecular weight excluding hydrogens is 250 g/mol. The average Bonchev–Trinajstić information content (AvgIpc) is 2.46. The summed E-state index contributed by atoms with van der Waals surface area (Å²) in [5.41, 5.74) is 3.83. The van der Waals surface area contributed by atoms with Gasteiger partial charge in [0.15, 0.2) is 0 Å². The predicted octanol–water partition coefficient (Wildman–Crippen LogP) is 2.08. The van der Waals surface area contributed by atoms with Crippen LogP contribution in [-0.2, 0) is 24.0 Å². The summed E-state index contributed by atoms with van der Waals surface area (Å²) in [7, 11) is 1.72. The van der Waals surface area contributed by atoms with Gasteiger partial charge in [0.25, 0.3) is 0 Å². The SMILES string of the molecule is CCCNCC1CCc2nc(CCOC)nc(C)c2C1. The molecule has 1 atom stereocenters. The summed E-state index contributed by atoms with van der Waals surface area (Å²) in [6, 6.07) is 0. The zero-order valence-electron chi connectivity index (χ0n) is 13.0. The van der Waals surface area contributed by atoms with Crippen LogP contribution in [0.3, 0.4) is 0 Å². The summed E-state index contributed by atoms with van der Waals surface area (Å²) in [5.74, 6) is 1.67. The van der Waals surface area contributed by atoms with Gasteiger partial charge in [0.05, 0.1) is 6.61 Å². The van der Waals surface area contributed by atoms with E-state index < -0.39 is 0 Å². The molecule has 1 N–H and O–H groups in total. The largest absolute Gasteiger partial charge is 0.384 e. The smallest absolute Gasteiger partial charge is 0.131 e. The van der Waals surface area contributed by atoms with E-state index in [0.717, 1.165) is 44.1 Å². The monoisotopic (exact) mass is 277 g/mol. The summed E-state index contributed by atoms with van der Waals surface area (Å²) < 4.78 is 5.11. The molecule has 0 aliphatic heterocycles. The molecule has 2 rings (SSSR count). The summed E-state index contributed by atoms with van der Waals surface area (Å²) in [6.07, 6.45) is 5.48. The number of methoxy groups -OCH3 is 1. The molecule has 0 radical (unpaired) electrons. The highest BCUT2D eigenvalue weighted by Gasteiger charge is 2.22. The number of hydrogen-bond acceptors (Lipinski definition) is 4. The van der Waals surface area contributed by atoms with Crippen molar-refractivity contribution in [1.82, 2.24) is 15.3 Å². The van der Waals surface area contributed by atoms with Crippen molar-refractivity contribution in [2.24, 2.45) is 5.92 Å². The number of nitrogens with one attached hydrogen (secondary N) is 1. The van der Waals surface area contributed by atoms with E-state index in [-0.39, 0.29) is 0 Å². The Kier molecular flexibility index (Phi) is 5.92. The van der Waals surface area contributed by atoms with Crippen LogP contribution in [0.2, 0.25) is 0 Å². The van der Waals surface area contributed by atoms with Gasteiger partial charge < -0.3 is 10.1 Å². The first-order valence-electron chi connectivity index (χ1n) is 7.79. The Labute approximate surface area is 122 Å². The lowest BCUT2D eigenvalue weighted by molar-refractivity contribution is 0.200. The van der Waals surface area contributed by atoms with Crippen LogP contribution in [0.25, 0.3) is 0 Å². The highest BCUT2D eigenvalue weighted by Crippen LogP contribution is 2.25. The van der Waals surface area contributed by atoms with Crippen molar-refractivity contribution in [1.29, 1.82) is 0 Å². The van der Waals surface area contributed by atoms with Gasteiger partial charge in [-0.1, -0.05) is 6.92 Å². The fourth-order valence-corrected chi connectivity index (χ4v) is 2.88. The van der Waals surface area contributed by atoms with E-state index in [1.807, 2.05) is 0 Å². The highest BCUT2D eigenvalue weighted by atomic mass is 16.5. The maximum atomic E-state index is 5.11. The molecule has 4 heteroatoms. The third-order valence-corrected chi connectivity index (χ3v) is 4.02. The predicted molar refractivity (Wildman–Crippen MR) is 81.0 cm³/mol. The first kappa shape index (κ1) is 15.4. The molecule has 1 aliphatic rings. The van der Waals surface area contributed by atoms with E-state index in [9.17, 15) is 0 Å². The van der Waals surface area contributed by atoms with E-state index >= 15 is 0 Å². The molecular formula is C16H27N3O. The van der Waals surface area contributed by atoms with Gasteiger partial charge in [0.2, 0.25) is 0 Å². The van der Waals surface area contributed by atoms with Crippen LogP contribution >= 0.6 is 0 Å². The van der Waals surface area contributed by atoms with Crippen molar-refractivity contribution in [3.05, 3.63) is 22.8 Å². The number of fused-ring (bicyclic) bond motifs is 1. The number of nitrogens with zero attached hydrogens (tertiary/aromatic N) is 2. The second kappa shape index (κ2) is 7.70. The molecule has 0 aromatic carbocycles. The Morgan fingerprint density at radius 1 is 1.35 bits per heavy atom. The molecule has 4 nitrogen and oxygen atoms in total. The molecule has 0 saturated carbocycles. The maximum absolute atomic E-state index is 5.11. The minimum atomic E-state index is 0.696. The van der Waals surface area contributed by atoms with Gasteiger partial charge in [0.1, 0.15) is 5.82 Å². The normalized spacial score (nSPS) is 18.1. The van der Waals surface area contributed by atoms with Gasteiger partial charge >= 0.3 is 0 Å². The van der Waals surface area contributed by atoms with Crippen molar-refractivity contribution in [3.63, 3.8) is 0 Å². The van der Waals surface area contributed by atoms with Gasteiger partial charge in [-0.2, -0.15) is 0 Å². The van der Waals surface area contributed by atoms with Crippen molar-refractivity contribution < 1.29 is 4.74 Å². The minimum Gasteiger partial charge on any atom is -0.384 e. The van der Waals surface area contributed by atoms with E-state index in [1.54, 1.807) is 7.11 Å². The van der Waals surface area contributed by atoms with Crippen LogP contribution in [-0.4, -0.2) is 36.8 Å². The zero-order valence-corrected chi connectivity index (χ0v) is 13.0. The summed E-state index contributed by atoms with van der Waals surface area (Å²) in [4.78, 5) is 9.37. The molecule has 0 fully saturated rings. The third-order valence-electron chi connectivity index (χ3n) is 4.02. The second-order valence-electron chi connectivity index (χ2n) is 5.71. The number of aromatic nitrogens is 2. The van der Waals surface area contributed by atoms with Crippen LogP contribution in [0.1, 0.15) is 42.5 Å². The Balaban J connectivity index is 2.01. The zero-order chi connectivity index (χ0) is 14.4. The van der Waals surface area contributed by atoms with Gasteiger partial charge in [-0.05, 0) is 57.2 Å². The van der Waals surface area contributed by atoms with Gasteiger partial charge in [-0.25, -0.2) is 9.97 Å². The molecule has 1 unspecified atom stereocenters. The van der Waals surface area contributed by atoms with E-state index in [0.29, 0.717) is 6.61 Å². The van der Waals surface area contributed by atoms with Crippen molar-refractivity contribution in [3.8, 4) is 0 Å². The van der Waals surface area contributed by atoms with E-state index in [1.165, 1.54) is 29.8 Å². The first-order chi connectivity index (χ1) is 9.74. The number of rotatable bonds is 7. The van der Waals surface area contributed by atoms with Gasteiger partial charge in [0, 0.05) is 24.9 Å². The molecule has 0 amide bonds. The van der Waals surface area contributed by atoms with Gasteiger partial charge in [-0.15, -0.1) is 0 Å². The molecule has 0 bridgehead atoms. The third kappa shape index (κ3) is 4.00. The second-order valence-corrected chi connectivity index (χ2v) is 5.71. The van der Waals surface area contributed by atoms with Crippen molar-refractivity contribution in [2.75, 3.05) is 26.8 Å². The lowest BCUT2D eigenvalue weighted by atomic mass is 9.85. The molecule has 0 saturated heterocycles. The number of hydrogen-bond donors (Lipinski definition) is 1. The lowest BCUT2D eigenvalue weighted by Gasteiger charge is -2.25. The van der Waals surface area contributed by atoms with Crippen LogP contribution in [0, 0.1) is 12.8 Å². The van der Waals surface area contributed by atoms with Crippen LogP contribution in [0.15, 0.2) is 0 Å². The Morgan fingerprint density at radius 3 is 2.95 bits per heavy atom. The highest BCUT2D eigenvalue weighted by molar-refractivity contribution is 5.28. The summed E-state index contributed by atoms with van der Waals surface area (Å²) in [6.45, 7) is 7.27. The Hall–Kier alpha value is -1.00. The van der Waals surface area contributed by atoms with Gasteiger partial charge in [-0.3, -0.25) is 0 Å². The Bertz CT molecular complexity index is 434. The summed E-state index contributed by atoms with van der Waals surface area (Å²) >= 11 is 0. The molecule has 20 heavy (non-hydrogen) atoms. The molecule has 1 heterocycles. The van der Waals surface area contributed by atoms with Crippen LogP contribution in [0.4, 0.5) is 0 Å². The molecule has 1 aromatic rings. The van der Waals surface area contributed by atoms with Crippen molar-refractivity contribution in [2.45, 2.75) is 46.0 Å². The molecule has 112 valence electrons. The van der Waals surface area contributed by atoms with E-state index in [2.05, 4.69) is 24.1 Å². The topological polar surface area (TPSA) is 47.0 Å². The standard InChI is InChI=1S/C16H27N3O/c1-4-8-17-11-13-5-6-15-14(10-13)12(2)18-16(19-15)7-9-20-3/h13,17H,4-11H2,1-3H3. The molecule has 1 aliphatic carbocycles. The number of aryl methyl sites for hydroxylation is 2. The fourth-order valence-electron chi connectivity index (χ4n) is 2.88. The average molecular weight is 277 g/mol. The molecule has 1 aromatic heterocycles. The first-order valence-corrected chi connectivity index (χ1v) is 7.79. The van der Waals surface area contributed by atoms with Crippen molar-refractivity contribution >= 4 is 0 Å². The van der Waals surface area contributed by atoms with E-state index in [4.69, 9.17) is 9.72 Å². The van der Waals surface area contributed by atoms with Crippen LogP contribution in [0.5, 0.6) is 0 Å². The minimum absolute atomic E-state index is 0.696. The Morgan fingerprint density at radius 2 is 2.20 bits per heavy atom.